The van der Waals surface area contributed by atoms with Gasteiger partial charge in [-0.05, 0) is 74.8 Å². The van der Waals surface area contributed by atoms with Gasteiger partial charge in [-0.3, -0.25) is 4.79 Å². The van der Waals surface area contributed by atoms with Crippen LogP contribution in [0.15, 0.2) is 42.5 Å². The van der Waals surface area contributed by atoms with E-state index in [9.17, 15) is 4.79 Å². The van der Waals surface area contributed by atoms with Gasteiger partial charge in [-0.25, -0.2) is 0 Å². The first kappa shape index (κ1) is 18.4. The predicted molar refractivity (Wildman–Crippen MR) is 112 cm³/mol. The van der Waals surface area contributed by atoms with Crippen molar-refractivity contribution in [1.82, 2.24) is 5.32 Å². The number of thiocarbonyl (C=S) groups is 1. The fourth-order valence-corrected chi connectivity index (χ4v) is 3.61. The quantitative estimate of drug-likeness (QED) is 0.782. The van der Waals surface area contributed by atoms with Crippen LogP contribution in [0.3, 0.4) is 0 Å². The molecule has 1 heterocycles. The number of nitrogens with zero attached hydrogens (tertiary/aromatic N) is 1. The van der Waals surface area contributed by atoms with E-state index in [0.29, 0.717) is 11.5 Å². The molecule has 0 aliphatic carbocycles. The van der Waals surface area contributed by atoms with E-state index in [1.165, 1.54) is 16.7 Å². The Morgan fingerprint density at radius 1 is 1.15 bits per heavy atom. The SMILES string of the molecule is Cc1ccc(C)c(C(C)NC(=S)Nc2ccc(N3CCCC3=O)cc2)c1. The normalized spacial score (nSPS) is 15.0. The van der Waals surface area contributed by atoms with Gasteiger partial charge in [0.25, 0.3) is 0 Å². The number of nitrogens with one attached hydrogen (secondary N) is 2. The molecule has 0 radical (unpaired) electrons. The monoisotopic (exact) mass is 367 g/mol. The zero-order chi connectivity index (χ0) is 18.7. The summed E-state index contributed by atoms with van der Waals surface area (Å²) in [6, 6.07) is 14.4. The molecule has 5 heteroatoms. The molecule has 1 saturated heterocycles. The zero-order valence-electron chi connectivity index (χ0n) is 15.5. The number of aryl methyl sites for hydroxylation is 2. The summed E-state index contributed by atoms with van der Waals surface area (Å²) < 4.78 is 0. The van der Waals surface area contributed by atoms with Crippen molar-refractivity contribution in [1.29, 1.82) is 0 Å². The van der Waals surface area contributed by atoms with Gasteiger partial charge in [0.2, 0.25) is 5.91 Å². The van der Waals surface area contributed by atoms with Gasteiger partial charge in [-0.2, -0.15) is 0 Å². The molecule has 26 heavy (non-hydrogen) atoms. The van der Waals surface area contributed by atoms with Crippen molar-refractivity contribution in [2.45, 2.75) is 39.7 Å². The molecule has 3 rings (SSSR count). The lowest BCUT2D eigenvalue weighted by Crippen LogP contribution is -2.31. The molecule has 2 aromatic carbocycles. The average molecular weight is 368 g/mol. The van der Waals surface area contributed by atoms with Crippen molar-refractivity contribution in [3.63, 3.8) is 0 Å². The minimum Gasteiger partial charge on any atom is -0.356 e. The van der Waals surface area contributed by atoms with Crippen LogP contribution in [0.25, 0.3) is 0 Å². The van der Waals surface area contributed by atoms with Crippen LogP contribution in [-0.2, 0) is 4.79 Å². The minimum atomic E-state index is 0.122. The highest BCUT2D eigenvalue weighted by molar-refractivity contribution is 7.80. The van der Waals surface area contributed by atoms with E-state index in [2.05, 4.69) is 49.6 Å². The second kappa shape index (κ2) is 7.87. The maximum absolute atomic E-state index is 11.8. The molecule has 0 bridgehead atoms. The molecule has 2 aromatic rings. The fourth-order valence-electron chi connectivity index (χ4n) is 3.31. The summed E-state index contributed by atoms with van der Waals surface area (Å²) >= 11 is 5.46. The first-order chi connectivity index (χ1) is 12.4. The van der Waals surface area contributed by atoms with Crippen molar-refractivity contribution in [2.75, 3.05) is 16.8 Å². The molecule has 2 N–H and O–H groups in total. The first-order valence-electron chi connectivity index (χ1n) is 8.99. The summed E-state index contributed by atoms with van der Waals surface area (Å²) in [6.45, 7) is 7.12. The highest BCUT2D eigenvalue weighted by atomic mass is 32.1. The van der Waals surface area contributed by atoms with Crippen molar-refractivity contribution in [3.05, 3.63) is 59.2 Å². The summed E-state index contributed by atoms with van der Waals surface area (Å²) in [5, 5.41) is 7.15. The summed E-state index contributed by atoms with van der Waals surface area (Å²) in [6.07, 6.45) is 1.58. The van der Waals surface area contributed by atoms with E-state index in [4.69, 9.17) is 12.2 Å². The van der Waals surface area contributed by atoms with E-state index in [1.54, 1.807) is 0 Å². The zero-order valence-corrected chi connectivity index (χ0v) is 16.3. The average Bonchev–Trinajstić information content (AvgIpc) is 3.03. The molecule has 1 aliphatic rings. The molecule has 4 nitrogen and oxygen atoms in total. The molecule has 0 spiro atoms. The van der Waals surface area contributed by atoms with Crippen LogP contribution in [0.4, 0.5) is 11.4 Å². The Hall–Kier alpha value is -2.40. The van der Waals surface area contributed by atoms with Gasteiger partial charge >= 0.3 is 0 Å². The number of amides is 1. The number of hydrogen-bond donors (Lipinski definition) is 2. The molecule has 1 aliphatic heterocycles. The Balaban J connectivity index is 1.61. The topological polar surface area (TPSA) is 44.4 Å². The number of anilines is 2. The summed E-state index contributed by atoms with van der Waals surface area (Å²) in [5.74, 6) is 0.199. The van der Waals surface area contributed by atoms with Crippen molar-refractivity contribution in [3.8, 4) is 0 Å². The van der Waals surface area contributed by atoms with Gasteiger partial charge in [0, 0.05) is 24.3 Å². The highest BCUT2D eigenvalue weighted by Crippen LogP contribution is 2.23. The molecule has 1 atom stereocenters. The largest absolute Gasteiger partial charge is 0.356 e. The van der Waals surface area contributed by atoms with Crippen molar-refractivity contribution >= 4 is 34.6 Å². The van der Waals surface area contributed by atoms with Crippen molar-refractivity contribution < 1.29 is 4.79 Å². The van der Waals surface area contributed by atoms with Crippen LogP contribution in [0.5, 0.6) is 0 Å². The second-order valence-electron chi connectivity index (χ2n) is 6.88. The smallest absolute Gasteiger partial charge is 0.227 e. The third-order valence-corrected chi connectivity index (χ3v) is 4.98. The van der Waals surface area contributed by atoms with Crippen LogP contribution in [-0.4, -0.2) is 17.6 Å². The molecule has 136 valence electrons. The lowest BCUT2D eigenvalue weighted by atomic mass is 10.0. The fraction of sp³-hybridized carbons (Fsp3) is 0.333. The third-order valence-electron chi connectivity index (χ3n) is 4.76. The number of benzene rings is 2. The van der Waals surface area contributed by atoms with E-state index in [1.807, 2.05) is 29.2 Å². The summed E-state index contributed by atoms with van der Waals surface area (Å²) in [7, 11) is 0. The van der Waals surface area contributed by atoms with E-state index in [0.717, 1.165) is 24.3 Å². The molecular formula is C21H25N3OS. The van der Waals surface area contributed by atoms with Gasteiger partial charge in [-0.1, -0.05) is 23.8 Å². The Labute approximate surface area is 160 Å². The molecule has 1 fully saturated rings. The number of carbonyl (C=O) groups excluding carboxylic acids is 1. The van der Waals surface area contributed by atoms with Crippen LogP contribution in [0, 0.1) is 13.8 Å². The summed E-state index contributed by atoms with van der Waals surface area (Å²) in [5.41, 5.74) is 5.59. The Morgan fingerprint density at radius 2 is 1.88 bits per heavy atom. The molecule has 1 amide bonds. The summed E-state index contributed by atoms with van der Waals surface area (Å²) in [4.78, 5) is 13.7. The van der Waals surface area contributed by atoms with Crippen LogP contribution < -0.4 is 15.5 Å². The maximum Gasteiger partial charge on any atom is 0.227 e. The van der Waals surface area contributed by atoms with E-state index in [-0.39, 0.29) is 11.9 Å². The first-order valence-corrected chi connectivity index (χ1v) is 9.40. The molecule has 0 aromatic heterocycles. The predicted octanol–water partition coefficient (Wildman–Crippen LogP) is 4.48. The highest BCUT2D eigenvalue weighted by Gasteiger charge is 2.21. The van der Waals surface area contributed by atoms with Gasteiger partial charge in [0.15, 0.2) is 5.11 Å². The van der Waals surface area contributed by atoms with Crippen LogP contribution in [0.2, 0.25) is 0 Å². The number of carbonyl (C=O) groups is 1. The van der Waals surface area contributed by atoms with Crippen LogP contribution >= 0.6 is 12.2 Å². The molecule has 1 unspecified atom stereocenters. The van der Waals surface area contributed by atoms with E-state index >= 15 is 0 Å². The van der Waals surface area contributed by atoms with Crippen LogP contribution in [0.1, 0.15) is 42.5 Å². The van der Waals surface area contributed by atoms with Crippen molar-refractivity contribution in [2.24, 2.45) is 0 Å². The molecular weight excluding hydrogens is 342 g/mol. The third kappa shape index (κ3) is 4.22. The van der Waals surface area contributed by atoms with Gasteiger partial charge < -0.3 is 15.5 Å². The van der Waals surface area contributed by atoms with Gasteiger partial charge in [-0.15, -0.1) is 0 Å². The Morgan fingerprint density at radius 3 is 2.54 bits per heavy atom. The molecule has 0 saturated carbocycles. The second-order valence-corrected chi connectivity index (χ2v) is 7.28. The maximum atomic E-state index is 11.8. The Bertz CT molecular complexity index is 817. The number of rotatable bonds is 4. The van der Waals surface area contributed by atoms with Gasteiger partial charge in [0.1, 0.15) is 0 Å². The van der Waals surface area contributed by atoms with Gasteiger partial charge in [0.05, 0.1) is 6.04 Å². The number of hydrogen-bond acceptors (Lipinski definition) is 2. The lowest BCUT2D eigenvalue weighted by Gasteiger charge is -2.20. The lowest BCUT2D eigenvalue weighted by molar-refractivity contribution is -0.117. The minimum absolute atomic E-state index is 0.122. The standard InChI is InChI=1S/C21H25N3OS/c1-14-6-7-15(2)19(13-14)16(3)22-21(26)23-17-8-10-18(11-9-17)24-12-4-5-20(24)25/h6-11,13,16H,4-5,12H2,1-3H3,(H2,22,23,26). The van der Waals surface area contributed by atoms with E-state index < -0.39 is 0 Å². The Kier molecular flexibility index (Phi) is 5.57.